The van der Waals surface area contributed by atoms with Gasteiger partial charge in [0, 0.05) is 31.0 Å². The van der Waals surface area contributed by atoms with E-state index < -0.39 is 0 Å². The highest BCUT2D eigenvalue weighted by molar-refractivity contribution is 5.80. The summed E-state index contributed by atoms with van der Waals surface area (Å²) in [6.07, 6.45) is 3.67. The highest BCUT2D eigenvalue weighted by Gasteiger charge is 2.26. The SMILES string of the molecule is CCNC(=NCC(C)(C)c1ccc(OC)c(OC)c1)N1CCC(c2ncn[nH]2)CC1. The normalized spacial score (nSPS) is 15.9. The molecule has 1 saturated heterocycles. The molecule has 1 aliphatic rings. The van der Waals surface area contributed by atoms with Crippen molar-refractivity contribution >= 4 is 5.96 Å². The molecule has 1 aromatic carbocycles. The van der Waals surface area contributed by atoms with Gasteiger partial charge in [0.1, 0.15) is 12.2 Å². The molecule has 1 aromatic heterocycles. The Bertz CT molecular complexity index is 826. The van der Waals surface area contributed by atoms with Crippen molar-refractivity contribution in [3.63, 3.8) is 0 Å². The highest BCUT2D eigenvalue weighted by atomic mass is 16.5. The number of ether oxygens (including phenoxy) is 2. The Hall–Kier alpha value is -2.77. The third-order valence-electron chi connectivity index (χ3n) is 5.74. The maximum absolute atomic E-state index is 5.48. The summed E-state index contributed by atoms with van der Waals surface area (Å²) in [5, 5.41) is 10.5. The summed E-state index contributed by atoms with van der Waals surface area (Å²) < 4.78 is 10.8. The largest absolute Gasteiger partial charge is 0.493 e. The minimum Gasteiger partial charge on any atom is -0.493 e. The summed E-state index contributed by atoms with van der Waals surface area (Å²) in [5.41, 5.74) is 1.03. The second-order valence-corrected chi connectivity index (χ2v) is 8.26. The van der Waals surface area contributed by atoms with Crippen LogP contribution in [-0.2, 0) is 5.41 Å². The number of nitrogens with one attached hydrogen (secondary N) is 2. The summed E-state index contributed by atoms with van der Waals surface area (Å²) in [5.74, 6) is 3.89. The first-order chi connectivity index (χ1) is 14.5. The number of hydrogen-bond acceptors (Lipinski definition) is 5. The second-order valence-electron chi connectivity index (χ2n) is 8.26. The first-order valence-corrected chi connectivity index (χ1v) is 10.6. The molecular formula is C22H34N6O2. The standard InChI is InChI=1S/C22H34N6O2/c1-6-23-21(28-11-9-16(10-12-28)20-25-15-26-27-20)24-14-22(2,3)17-7-8-18(29-4)19(13-17)30-5/h7-8,13,15-16H,6,9-12,14H2,1-5H3,(H,23,24)(H,25,26,27). The van der Waals surface area contributed by atoms with Crippen LogP contribution in [0, 0.1) is 0 Å². The average molecular weight is 415 g/mol. The van der Waals surface area contributed by atoms with Crippen LogP contribution in [0.3, 0.4) is 0 Å². The van der Waals surface area contributed by atoms with E-state index in [-0.39, 0.29) is 5.41 Å². The number of guanidine groups is 1. The number of hydrogen-bond donors (Lipinski definition) is 2. The van der Waals surface area contributed by atoms with Crippen molar-refractivity contribution in [3.8, 4) is 11.5 Å². The lowest BCUT2D eigenvalue weighted by Crippen LogP contribution is -2.46. The minimum atomic E-state index is -0.140. The molecule has 2 heterocycles. The number of nitrogens with zero attached hydrogens (tertiary/aromatic N) is 4. The van der Waals surface area contributed by atoms with Gasteiger partial charge in [-0.3, -0.25) is 10.1 Å². The van der Waals surface area contributed by atoms with Gasteiger partial charge in [0.25, 0.3) is 0 Å². The van der Waals surface area contributed by atoms with Crippen LogP contribution in [-0.4, -0.2) is 66.4 Å². The van der Waals surface area contributed by atoms with Crippen LogP contribution < -0.4 is 14.8 Å². The van der Waals surface area contributed by atoms with E-state index in [1.165, 1.54) is 5.56 Å². The van der Waals surface area contributed by atoms with Crippen molar-refractivity contribution in [3.05, 3.63) is 35.9 Å². The lowest BCUT2D eigenvalue weighted by Gasteiger charge is -2.34. The number of aromatic nitrogens is 3. The van der Waals surface area contributed by atoms with Gasteiger partial charge in [0.15, 0.2) is 17.5 Å². The second kappa shape index (κ2) is 9.82. The van der Waals surface area contributed by atoms with Gasteiger partial charge >= 0.3 is 0 Å². The van der Waals surface area contributed by atoms with Gasteiger partial charge in [-0.05, 0) is 37.5 Å². The number of benzene rings is 1. The molecule has 3 rings (SSSR count). The van der Waals surface area contributed by atoms with E-state index in [1.807, 2.05) is 12.1 Å². The van der Waals surface area contributed by atoms with E-state index in [0.717, 1.165) is 55.8 Å². The smallest absolute Gasteiger partial charge is 0.193 e. The van der Waals surface area contributed by atoms with E-state index in [9.17, 15) is 0 Å². The zero-order valence-corrected chi connectivity index (χ0v) is 18.7. The molecule has 0 radical (unpaired) electrons. The fourth-order valence-electron chi connectivity index (χ4n) is 3.82. The van der Waals surface area contributed by atoms with Crippen LogP contribution in [0.15, 0.2) is 29.5 Å². The van der Waals surface area contributed by atoms with E-state index in [1.54, 1.807) is 20.5 Å². The molecule has 1 fully saturated rings. The van der Waals surface area contributed by atoms with Gasteiger partial charge in [-0.2, -0.15) is 5.10 Å². The van der Waals surface area contributed by atoms with Gasteiger partial charge in [0.2, 0.25) is 0 Å². The molecule has 0 aliphatic carbocycles. The van der Waals surface area contributed by atoms with Gasteiger partial charge in [-0.15, -0.1) is 0 Å². The Morgan fingerprint density at radius 3 is 2.57 bits per heavy atom. The Morgan fingerprint density at radius 2 is 1.97 bits per heavy atom. The number of methoxy groups -OCH3 is 2. The molecule has 1 aliphatic heterocycles. The molecule has 2 aromatic rings. The third kappa shape index (κ3) is 5.04. The van der Waals surface area contributed by atoms with Crippen molar-refractivity contribution in [1.82, 2.24) is 25.4 Å². The molecule has 30 heavy (non-hydrogen) atoms. The molecule has 8 heteroatoms. The predicted octanol–water partition coefficient (Wildman–Crippen LogP) is 2.94. The molecule has 0 amide bonds. The van der Waals surface area contributed by atoms with Gasteiger partial charge < -0.3 is 19.7 Å². The third-order valence-corrected chi connectivity index (χ3v) is 5.74. The Kier molecular flexibility index (Phi) is 7.18. The summed E-state index contributed by atoms with van der Waals surface area (Å²) in [6.45, 7) is 9.94. The van der Waals surface area contributed by atoms with Crippen molar-refractivity contribution in [2.75, 3.05) is 40.4 Å². The molecular weight excluding hydrogens is 380 g/mol. The topological polar surface area (TPSA) is 87.7 Å². The number of aliphatic imine (C=N–C) groups is 1. The van der Waals surface area contributed by atoms with Crippen LogP contribution in [0.5, 0.6) is 11.5 Å². The van der Waals surface area contributed by atoms with Crippen molar-refractivity contribution in [1.29, 1.82) is 0 Å². The Labute approximate surface area is 179 Å². The number of piperidine rings is 1. The van der Waals surface area contributed by atoms with Gasteiger partial charge in [-0.25, -0.2) is 4.98 Å². The monoisotopic (exact) mass is 414 g/mol. The quantitative estimate of drug-likeness (QED) is 0.535. The van der Waals surface area contributed by atoms with Crippen LogP contribution in [0.4, 0.5) is 0 Å². The molecule has 0 saturated carbocycles. The zero-order chi connectivity index (χ0) is 21.6. The fourth-order valence-corrected chi connectivity index (χ4v) is 3.82. The molecule has 8 nitrogen and oxygen atoms in total. The number of likely N-dealkylation sites (tertiary alicyclic amines) is 1. The van der Waals surface area contributed by atoms with E-state index in [2.05, 4.69) is 52.2 Å². The number of H-pyrrole nitrogens is 1. The van der Waals surface area contributed by atoms with E-state index >= 15 is 0 Å². The molecule has 0 bridgehead atoms. The van der Waals surface area contributed by atoms with Crippen LogP contribution in [0.2, 0.25) is 0 Å². The van der Waals surface area contributed by atoms with Crippen LogP contribution >= 0.6 is 0 Å². The van der Waals surface area contributed by atoms with Crippen molar-refractivity contribution in [2.24, 2.45) is 4.99 Å². The number of aromatic amines is 1. The zero-order valence-electron chi connectivity index (χ0n) is 18.7. The first kappa shape index (κ1) is 21.9. The molecule has 0 spiro atoms. The van der Waals surface area contributed by atoms with Crippen molar-refractivity contribution < 1.29 is 9.47 Å². The summed E-state index contributed by atoms with van der Waals surface area (Å²) >= 11 is 0. The number of rotatable bonds is 7. The van der Waals surface area contributed by atoms with E-state index in [0.29, 0.717) is 12.5 Å². The Morgan fingerprint density at radius 1 is 1.23 bits per heavy atom. The fraction of sp³-hybridized carbons (Fsp3) is 0.591. The summed E-state index contributed by atoms with van der Waals surface area (Å²) in [6, 6.07) is 6.09. The van der Waals surface area contributed by atoms with Gasteiger partial charge in [-0.1, -0.05) is 19.9 Å². The summed E-state index contributed by atoms with van der Waals surface area (Å²) in [4.78, 5) is 11.7. The molecule has 164 valence electrons. The van der Waals surface area contributed by atoms with Crippen molar-refractivity contribution in [2.45, 2.75) is 44.9 Å². The average Bonchev–Trinajstić information content (AvgIpc) is 3.31. The van der Waals surface area contributed by atoms with Crippen LogP contribution in [0.25, 0.3) is 0 Å². The molecule has 2 N–H and O–H groups in total. The predicted molar refractivity (Wildman–Crippen MR) is 118 cm³/mol. The molecule has 0 atom stereocenters. The lowest BCUT2D eigenvalue weighted by molar-refractivity contribution is 0.298. The Balaban J connectivity index is 1.69. The van der Waals surface area contributed by atoms with Gasteiger partial charge in [0.05, 0.1) is 20.8 Å². The highest BCUT2D eigenvalue weighted by Crippen LogP contribution is 2.33. The lowest BCUT2D eigenvalue weighted by atomic mass is 9.84. The maximum atomic E-state index is 5.48. The van der Waals surface area contributed by atoms with Crippen LogP contribution in [0.1, 0.15) is 50.9 Å². The molecule has 0 unspecified atom stereocenters. The summed E-state index contributed by atoms with van der Waals surface area (Å²) in [7, 11) is 3.32. The maximum Gasteiger partial charge on any atom is 0.193 e. The minimum absolute atomic E-state index is 0.140. The first-order valence-electron chi connectivity index (χ1n) is 10.6. The van der Waals surface area contributed by atoms with E-state index in [4.69, 9.17) is 14.5 Å².